The highest BCUT2D eigenvalue weighted by Gasteiger charge is 2.20. The topological polar surface area (TPSA) is 79.2 Å². The molecule has 5 nitrogen and oxygen atoms in total. The van der Waals surface area contributed by atoms with Crippen LogP contribution in [0.4, 0.5) is 5.69 Å². The Bertz CT molecular complexity index is 867. The molecular formula is C20H18N2O3. The molecule has 2 aromatic rings. The van der Waals surface area contributed by atoms with Gasteiger partial charge in [0.2, 0.25) is 0 Å². The number of fused-ring (bicyclic) bond motifs is 1. The molecule has 2 aromatic carbocycles. The minimum atomic E-state index is -0.938. The zero-order valence-electron chi connectivity index (χ0n) is 13.9. The van der Waals surface area contributed by atoms with Crippen LogP contribution in [0.1, 0.15) is 40.4 Å². The molecule has 1 N–H and O–H groups in total. The number of carbonyl (C=O) groups is 2. The summed E-state index contributed by atoms with van der Waals surface area (Å²) in [6.07, 6.45) is 2.19. The van der Waals surface area contributed by atoms with Crippen LogP contribution in [0.2, 0.25) is 0 Å². The van der Waals surface area contributed by atoms with Gasteiger partial charge in [-0.25, -0.2) is 4.79 Å². The van der Waals surface area contributed by atoms with E-state index in [1.165, 1.54) is 18.1 Å². The number of ether oxygens (including phenoxy) is 1. The predicted molar refractivity (Wildman–Crippen MR) is 93.1 cm³/mol. The molecule has 0 spiro atoms. The van der Waals surface area contributed by atoms with Crippen molar-refractivity contribution in [1.29, 1.82) is 5.26 Å². The summed E-state index contributed by atoms with van der Waals surface area (Å²) in [7, 11) is 0. The highest BCUT2D eigenvalue weighted by molar-refractivity contribution is 5.97. The quantitative estimate of drug-likeness (QED) is 0.871. The number of esters is 1. The van der Waals surface area contributed by atoms with Gasteiger partial charge in [-0.15, -0.1) is 0 Å². The molecule has 0 unspecified atom stereocenters. The Balaban J connectivity index is 1.62. The van der Waals surface area contributed by atoms with Crippen molar-refractivity contribution < 1.29 is 14.3 Å². The average molecular weight is 334 g/mol. The molecule has 3 rings (SSSR count). The molecule has 0 bridgehead atoms. The summed E-state index contributed by atoms with van der Waals surface area (Å²) < 4.78 is 5.27. The van der Waals surface area contributed by atoms with Gasteiger partial charge in [0.05, 0.1) is 17.2 Å². The lowest BCUT2D eigenvalue weighted by Gasteiger charge is -2.14. The fraction of sp³-hybridized carbons (Fsp3) is 0.250. The second-order valence-corrected chi connectivity index (χ2v) is 6.07. The van der Waals surface area contributed by atoms with Gasteiger partial charge in [0, 0.05) is 5.69 Å². The van der Waals surface area contributed by atoms with Crippen molar-refractivity contribution in [3.05, 3.63) is 64.7 Å². The first-order valence-corrected chi connectivity index (χ1v) is 8.20. The molecule has 1 atom stereocenters. The summed E-state index contributed by atoms with van der Waals surface area (Å²) in [4.78, 5) is 24.5. The maximum absolute atomic E-state index is 12.3. The minimum absolute atomic E-state index is 0.440. The molecule has 0 saturated heterocycles. The van der Waals surface area contributed by atoms with E-state index in [9.17, 15) is 9.59 Å². The third-order valence-electron chi connectivity index (χ3n) is 4.25. The van der Waals surface area contributed by atoms with Crippen LogP contribution < -0.4 is 5.32 Å². The summed E-state index contributed by atoms with van der Waals surface area (Å²) in [6, 6.07) is 14.1. The van der Waals surface area contributed by atoms with E-state index in [4.69, 9.17) is 10.00 Å². The van der Waals surface area contributed by atoms with Gasteiger partial charge in [-0.3, -0.25) is 4.79 Å². The summed E-state index contributed by atoms with van der Waals surface area (Å²) in [6.45, 7) is 1.52. The fourth-order valence-electron chi connectivity index (χ4n) is 2.89. The number of benzene rings is 2. The molecule has 1 aliphatic carbocycles. The highest BCUT2D eigenvalue weighted by Crippen LogP contribution is 2.23. The summed E-state index contributed by atoms with van der Waals surface area (Å²) in [5.74, 6) is -0.951. The zero-order valence-corrected chi connectivity index (χ0v) is 13.9. The molecule has 5 heteroatoms. The Morgan fingerprint density at radius 3 is 2.76 bits per heavy atom. The number of nitrogens with zero attached hydrogens (tertiary/aromatic N) is 1. The van der Waals surface area contributed by atoms with Crippen LogP contribution in [0.15, 0.2) is 42.5 Å². The lowest BCUT2D eigenvalue weighted by molar-refractivity contribution is -0.123. The number of rotatable bonds is 4. The van der Waals surface area contributed by atoms with Gasteiger partial charge >= 0.3 is 5.97 Å². The van der Waals surface area contributed by atoms with Crippen molar-refractivity contribution in [1.82, 2.24) is 0 Å². The third-order valence-corrected chi connectivity index (χ3v) is 4.25. The van der Waals surface area contributed by atoms with Crippen molar-refractivity contribution in [2.45, 2.75) is 32.3 Å². The van der Waals surface area contributed by atoms with Gasteiger partial charge in [-0.05, 0) is 67.6 Å². The Morgan fingerprint density at radius 2 is 1.96 bits per heavy atom. The van der Waals surface area contributed by atoms with Gasteiger partial charge in [-0.2, -0.15) is 5.26 Å². The second-order valence-electron chi connectivity index (χ2n) is 6.07. The molecule has 0 radical (unpaired) electrons. The lowest BCUT2D eigenvalue weighted by atomic mass is 10.1. The SMILES string of the molecule is C[C@@H](OC(=O)c1ccc2c(c1)CCC2)C(=O)Nc1cccc(C#N)c1. The standard InChI is InChI=1S/C20H18N2O3/c1-13(19(23)22-18-7-2-4-14(10-18)12-21)25-20(24)17-9-8-15-5-3-6-16(15)11-17/h2,4,7-11,13H,3,5-6H2,1H3,(H,22,23)/t13-/m1/s1. The van der Waals surface area contributed by atoms with Crippen molar-refractivity contribution >= 4 is 17.6 Å². The molecule has 0 heterocycles. The van der Waals surface area contributed by atoms with Crippen LogP contribution >= 0.6 is 0 Å². The first-order chi connectivity index (χ1) is 12.1. The number of carbonyl (C=O) groups excluding carboxylic acids is 2. The smallest absolute Gasteiger partial charge is 0.338 e. The predicted octanol–water partition coefficient (Wildman–Crippen LogP) is 3.23. The molecule has 0 fully saturated rings. The van der Waals surface area contributed by atoms with Gasteiger partial charge in [0.1, 0.15) is 0 Å². The highest BCUT2D eigenvalue weighted by atomic mass is 16.5. The molecule has 0 saturated carbocycles. The molecule has 1 aliphatic rings. The molecule has 0 aliphatic heterocycles. The van der Waals surface area contributed by atoms with E-state index in [1.807, 2.05) is 18.2 Å². The number of hydrogen-bond donors (Lipinski definition) is 1. The van der Waals surface area contributed by atoms with E-state index in [2.05, 4.69) is 5.32 Å². The van der Waals surface area contributed by atoms with E-state index in [0.29, 0.717) is 16.8 Å². The first kappa shape index (κ1) is 16.7. The molecule has 25 heavy (non-hydrogen) atoms. The van der Waals surface area contributed by atoms with Gasteiger partial charge in [0.15, 0.2) is 6.10 Å². The van der Waals surface area contributed by atoms with E-state index in [-0.39, 0.29) is 0 Å². The zero-order chi connectivity index (χ0) is 17.8. The Hall–Kier alpha value is -3.13. The van der Waals surface area contributed by atoms with Crippen LogP contribution in [-0.2, 0) is 22.4 Å². The monoisotopic (exact) mass is 334 g/mol. The number of aryl methyl sites for hydroxylation is 2. The van der Waals surface area contributed by atoms with Crippen LogP contribution in [-0.4, -0.2) is 18.0 Å². The number of nitriles is 1. The lowest BCUT2D eigenvalue weighted by Crippen LogP contribution is -2.30. The van der Waals surface area contributed by atoms with Crippen molar-refractivity contribution in [2.75, 3.05) is 5.32 Å². The number of hydrogen-bond acceptors (Lipinski definition) is 4. The molecule has 1 amide bonds. The van der Waals surface area contributed by atoms with Gasteiger partial charge < -0.3 is 10.1 Å². The Morgan fingerprint density at radius 1 is 1.16 bits per heavy atom. The van der Waals surface area contributed by atoms with E-state index in [0.717, 1.165) is 19.3 Å². The Kier molecular flexibility index (Phi) is 4.80. The largest absolute Gasteiger partial charge is 0.449 e. The van der Waals surface area contributed by atoms with Crippen LogP contribution in [0.5, 0.6) is 0 Å². The normalized spacial score (nSPS) is 13.4. The van der Waals surface area contributed by atoms with Crippen LogP contribution in [0, 0.1) is 11.3 Å². The van der Waals surface area contributed by atoms with Crippen molar-refractivity contribution in [3.8, 4) is 6.07 Å². The maximum atomic E-state index is 12.3. The minimum Gasteiger partial charge on any atom is -0.449 e. The number of anilines is 1. The van der Waals surface area contributed by atoms with Crippen LogP contribution in [0.3, 0.4) is 0 Å². The third kappa shape index (κ3) is 3.86. The summed E-state index contributed by atoms with van der Waals surface area (Å²) >= 11 is 0. The second kappa shape index (κ2) is 7.18. The van der Waals surface area contributed by atoms with Crippen LogP contribution in [0.25, 0.3) is 0 Å². The fourth-order valence-corrected chi connectivity index (χ4v) is 2.89. The van der Waals surface area contributed by atoms with Crippen molar-refractivity contribution in [3.63, 3.8) is 0 Å². The maximum Gasteiger partial charge on any atom is 0.338 e. The summed E-state index contributed by atoms with van der Waals surface area (Å²) in [5, 5.41) is 11.5. The molecular weight excluding hydrogens is 316 g/mol. The van der Waals surface area contributed by atoms with E-state index >= 15 is 0 Å². The van der Waals surface area contributed by atoms with Gasteiger partial charge in [-0.1, -0.05) is 12.1 Å². The van der Waals surface area contributed by atoms with Crippen molar-refractivity contribution in [2.24, 2.45) is 0 Å². The molecule has 0 aromatic heterocycles. The van der Waals surface area contributed by atoms with Gasteiger partial charge in [0.25, 0.3) is 5.91 Å². The summed E-state index contributed by atoms with van der Waals surface area (Å²) in [5.41, 5.74) is 3.86. The number of nitrogens with one attached hydrogen (secondary N) is 1. The van der Waals surface area contributed by atoms with E-state index < -0.39 is 18.0 Å². The Labute approximate surface area is 146 Å². The number of amides is 1. The first-order valence-electron chi connectivity index (χ1n) is 8.20. The average Bonchev–Trinajstić information content (AvgIpc) is 3.09. The molecule has 126 valence electrons. The van der Waals surface area contributed by atoms with E-state index in [1.54, 1.807) is 30.3 Å².